The van der Waals surface area contributed by atoms with Crippen molar-refractivity contribution in [2.24, 2.45) is 13.0 Å². The Labute approximate surface area is 276 Å². The number of rotatable bonds is 9. The third-order valence-corrected chi connectivity index (χ3v) is 10.2. The lowest BCUT2D eigenvalue weighted by Crippen LogP contribution is -2.51. The van der Waals surface area contributed by atoms with Crippen LogP contribution in [0.4, 0.5) is 5.69 Å². The van der Waals surface area contributed by atoms with Crippen molar-refractivity contribution >= 4 is 46.3 Å². The number of carbonyl (C=O) groups excluding carboxylic acids is 3. The summed E-state index contributed by atoms with van der Waals surface area (Å²) >= 11 is 6.66. The smallest absolute Gasteiger partial charge is 0.257 e. The van der Waals surface area contributed by atoms with Crippen molar-refractivity contribution in [2.75, 3.05) is 31.6 Å². The number of hydrogen-bond donors (Lipinski definition) is 1. The largest absolute Gasteiger partial charge is 0.376 e. The lowest BCUT2D eigenvalue weighted by molar-refractivity contribution is -0.133. The average Bonchev–Trinajstić information content (AvgIpc) is 3.63. The monoisotopic (exact) mass is 648 g/mol. The molecule has 0 bridgehead atoms. The first-order valence-electron chi connectivity index (χ1n) is 16.6. The molecule has 3 fully saturated rings. The molecule has 1 N–H and O–H groups in total. The summed E-state index contributed by atoms with van der Waals surface area (Å²) in [5, 5.41) is 4.21. The van der Waals surface area contributed by atoms with Crippen molar-refractivity contribution in [3.8, 4) is 0 Å². The molecule has 1 aromatic heterocycles. The van der Waals surface area contributed by atoms with Gasteiger partial charge in [-0.15, -0.1) is 0 Å². The quantitative estimate of drug-likeness (QED) is 0.309. The highest BCUT2D eigenvalue weighted by Crippen LogP contribution is 2.31. The van der Waals surface area contributed by atoms with E-state index in [9.17, 15) is 14.4 Å². The molecule has 4 atom stereocenters. The highest BCUT2D eigenvalue weighted by molar-refractivity contribution is 6.34. The molecule has 9 nitrogen and oxygen atoms in total. The molecule has 1 saturated carbocycles. The van der Waals surface area contributed by atoms with E-state index < -0.39 is 0 Å². The summed E-state index contributed by atoms with van der Waals surface area (Å²) in [5.74, 6) is -0.0533. The lowest BCUT2D eigenvalue weighted by atomic mass is 9.88. The topological polar surface area (TPSA) is 93.1 Å². The molecule has 3 aromatic rings. The number of ether oxygens (including phenoxy) is 2. The van der Waals surface area contributed by atoms with Gasteiger partial charge in [-0.2, -0.15) is 0 Å². The van der Waals surface area contributed by atoms with E-state index in [0.29, 0.717) is 29.4 Å². The molecule has 1 aliphatic carbocycles. The molecule has 0 radical (unpaired) electrons. The Bertz CT molecular complexity index is 1560. The van der Waals surface area contributed by atoms with Gasteiger partial charge in [-0.05, 0) is 69.7 Å². The fraction of sp³-hybridized carbons (Fsp3) is 0.528. The highest BCUT2D eigenvalue weighted by atomic mass is 35.5. The van der Waals surface area contributed by atoms with Crippen LogP contribution in [0, 0.1) is 5.92 Å². The van der Waals surface area contributed by atoms with Crippen LogP contribution in [0.1, 0.15) is 61.9 Å². The molecule has 46 heavy (non-hydrogen) atoms. The average molecular weight is 649 g/mol. The maximum absolute atomic E-state index is 13.9. The van der Waals surface area contributed by atoms with Crippen LogP contribution in [0.5, 0.6) is 0 Å². The fourth-order valence-electron chi connectivity index (χ4n) is 7.53. The first-order valence-corrected chi connectivity index (χ1v) is 17.0. The minimum absolute atomic E-state index is 0.0236. The number of aldehydes is 1. The van der Waals surface area contributed by atoms with Crippen molar-refractivity contribution in [1.82, 2.24) is 14.4 Å². The second-order valence-corrected chi connectivity index (χ2v) is 13.8. The molecule has 0 unspecified atom stereocenters. The summed E-state index contributed by atoms with van der Waals surface area (Å²) in [7, 11) is 1.92. The van der Waals surface area contributed by atoms with E-state index in [4.69, 9.17) is 21.1 Å². The van der Waals surface area contributed by atoms with Gasteiger partial charge in [-0.3, -0.25) is 14.5 Å². The second kappa shape index (κ2) is 14.3. The summed E-state index contributed by atoms with van der Waals surface area (Å²) in [4.78, 5) is 42.7. The van der Waals surface area contributed by atoms with Gasteiger partial charge in [-0.25, -0.2) is 0 Å². The van der Waals surface area contributed by atoms with Crippen molar-refractivity contribution in [1.29, 1.82) is 0 Å². The van der Waals surface area contributed by atoms with Gasteiger partial charge >= 0.3 is 0 Å². The molecule has 2 amide bonds. The van der Waals surface area contributed by atoms with Crippen LogP contribution in [-0.4, -0.2) is 89.1 Å². The van der Waals surface area contributed by atoms with Gasteiger partial charge < -0.3 is 29.1 Å². The van der Waals surface area contributed by atoms with Gasteiger partial charge in [0.15, 0.2) is 0 Å². The van der Waals surface area contributed by atoms with Gasteiger partial charge in [0.2, 0.25) is 5.91 Å². The SMILES string of the molecule is C[C@@H]1CN([C@H]2C[C@@H](CO[C@H]3CC[C@H](C=O)CC3)N(C(=O)Cc3ccc(NC(=O)c4cn(C)c5ccccc45)c(Cl)c3)C2)C[C@H](C)O1. The van der Waals surface area contributed by atoms with E-state index >= 15 is 0 Å². The predicted octanol–water partition coefficient (Wildman–Crippen LogP) is 5.48. The number of benzene rings is 2. The Balaban J connectivity index is 1.12. The number of morpholine rings is 1. The van der Waals surface area contributed by atoms with E-state index in [2.05, 4.69) is 24.1 Å². The van der Waals surface area contributed by atoms with Crippen LogP contribution in [0.15, 0.2) is 48.7 Å². The number of para-hydroxylation sites is 1. The van der Waals surface area contributed by atoms with Gasteiger partial charge in [-0.1, -0.05) is 35.9 Å². The van der Waals surface area contributed by atoms with Crippen molar-refractivity contribution in [3.63, 3.8) is 0 Å². The number of nitrogens with one attached hydrogen (secondary N) is 1. The summed E-state index contributed by atoms with van der Waals surface area (Å²) < 4.78 is 14.3. The molecular weight excluding hydrogens is 604 g/mol. The van der Waals surface area contributed by atoms with Crippen LogP contribution < -0.4 is 5.32 Å². The molecule has 2 aromatic carbocycles. The number of halogens is 1. The number of amides is 2. The van der Waals surface area contributed by atoms with Gasteiger partial charge in [0.05, 0.1) is 53.7 Å². The van der Waals surface area contributed by atoms with Crippen LogP contribution in [0.2, 0.25) is 5.02 Å². The summed E-state index contributed by atoms with van der Waals surface area (Å²) in [6.45, 7) is 7.05. The molecule has 3 aliphatic rings. The number of aromatic nitrogens is 1. The zero-order chi connectivity index (χ0) is 32.4. The molecule has 2 saturated heterocycles. The minimum atomic E-state index is -0.236. The second-order valence-electron chi connectivity index (χ2n) is 13.4. The molecule has 10 heteroatoms. The molecular formula is C36H45ClN4O5. The third kappa shape index (κ3) is 7.33. The molecule has 2 aliphatic heterocycles. The first kappa shape index (κ1) is 32.7. The summed E-state index contributed by atoms with van der Waals surface area (Å²) in [5.41, 5.74) is 2.85. The van der Waals surface area contributed by atoms with Gasteiger partial charge in [0, 0.05) is 55.7 Å². The highest BCUT2D eigenvalue weighted by Gasteiger charge is 2.40. The molecule has 0 spiro atoms. The number of aryl methyl sites for hydroxylation is 1. The Hall–Kier alpha value is -3.24. The van der Waals surface area contributed by atoms with E-state index in [0.717, 1.165) is 67.9 Å². The van der Waals surface area contributed by atoms with Crippen LogP contribution in [-0.2, 0) is 32.5 Å². The van der Waals surface area contributed by atoms with E-state index in [1.165, 1.54) is 0 Å². The zero-order valence-electron chi connectivity index (χ0n) is 27.0. The number of fused-ring (bicyclic) bond motifs is 1. The van der Waals surface area contributed by atoms with Crippen molar-refractivity contribution in [2.45, 2.75) is 82.8 Å². The summed E-state index contributed by atoms with van der Waals surface area (Å²) in [6, 6.07) is 13.4. The Morgan fingerprint density at radius 2 is 1.78 bits per heavy atom. The van der Waals surface area contributed by atoms with Gasteiger partial charge in [0.1, 0.15) is 6.29 Å². The maximum atomic E-state index is 13.9. The number of nitrogens with zero attached hydrogens (tertiary/aromatic N) is 3. The molecule has 3 heterocycles. The van der Waals surface area contributed by atoms with Crippen molar-refractivity contribution in [3.05, 3.63) is 64.8 Å². The Morgan fingerprint density at radius 3 is 2.50 bits per heavy atom. The third-order valence-electron chi connectivity index (χ3n) is 9.89. The minimum Gasteiger partial charge on any atom is -0.376 e. The Morgan fingerprint density at radius 1 is 1.04 bits per heavy atom. The molecule has 246 valence electrons. The summed E-state index contributed by atoms with van der Waals surface area (Å²) in [6.07, 6.45) is 7.89. The number of hydrogen-bond acceptors (Lipinski definition) is 6. The van der Waals surface area contributed by atoms with Gasteiger partial charge in [0.25, 0.3) is 5.91 Å². The predicted molar refractivity (Wildman–Crippen MR) is 179 cm³/mol. The zero-order valence-corrected chi connectivity index (χ0v) is 27.7. The van der Waals surface area contributed by atoms with E-state index in [1.54, 1.807) is 12.1 Å². The first-order chi connectivity index (χ1) is 22.2. The maximum Gasteiger partial charge on any atom is 0.257 e. The van der Waals surface area contributed by atoms with Crippen LogP contribution >= 0.6 is 11.6 Å². The number of likely N-dealkylation sites (tertiary alicyclic amines) is 1. The Kier molecular flexibility index (Phi) is 10.1. The van der Waals surface area contributed by atoms with Crippen LogP contribution in [0.25, 0.3) is 10.9 Å². The fourth-order valence-corrected chi connectivity index (χ4v) is 7.78. The number of carbonyl (C=O) groups is 3. The van der Waals surface area contributed by atoms with E-state index in [-0.39, 0.29) is 54.5 Å². The van der Waals surface area contributed by atoms with Crippen molar-refractivity contribution < 1.29 is 23.9 Å². The number of anilines is 1. The molecule has 6 rings (SSSR count). The van der Waals surface area contributed by atoms with E-state index in [1.807, 2.05) is 53.0 Å². The normalized spacial score (nSPS) is 27.2. The van der Waals surface area contributed by atoms with Crippen LogP contribution in [0.3, 0.4) is 0 Å². The standard InChI is InChI=1S/C36H45ClN4O5/c1-23-17-40(18-24(2)46-23)27-16-28(22-45-29-11-8-25(21-42)9-12-29)41(19-27)35(43)15-26-10-13-33(32(37)14-26)38-36(44)31-20-39(3)34-7-5-4-6-30(31)34/h4-7,10,13-14,20-21,23-25,27-29H,8-9,11-12,15-19,22H2,1-3H3,(H,38,44)/t23-,24+,25-,27-,28-,29-/m0/s1. The lowest BCUT2D eigenvalue weighted by Gasteiger charge is -2.38.